The van der Waals surface area contributed by atoms with Gasteiger partial charge in [0.05, 0.1) is 11.1 Å². The van der Waals surface area contributed by atoms with Gasteiger partial charge in [0.25, 0.3) is 5.56 Å². The summed E-state index contributed by atoms with van der Waals surface area (Å²) in [5, 5.41) is 0.787. The van der Waals surface area contributed by atoms with Crippen LogP contribution < -0.4 is 5.56 Å². The van der Waals surface area contributed by atoms with Gasteiger partial charge in [-0.2, -0.15) is 0 Å². The molecule has 1 heterocycles. The lowest BCUT2D eigenvalue weighted by Crippen LogP contribution is -2.21. The topological polar surface area (TPSA) is 22.0 Å². The largest absolute Gasteiger partial charge is 0.276 e. The Hall–Kier alpha value is -2.91. The van der Waals surface area contributed by atoms with Crippen molar-refractivity contribution in [2.75, 3.05) is 0 Å². The van der Waals surface area contributed by atoms with Gasteiger partial charge < -0.3 is 0 Å². The first kappa shape index (κ1) is 15.6. The van der Waals surface area contributed by atoms with Gasteiger partial charge in [-0.3, -0.25) is 9.36 Å². The molecular formula is C21H13ClFNO. The Kier molecular flexibility index (Phi) is 3.86. The third-order valence-electron chi connectivity index (χ3n) is 4.12. The van der Waals surface area contributed by atoms with Crippen LogP contribution in [-0.4, -0.2) is 4.57 Å². The number of nitrogens with zero attached hydrogens (tertiary/aromatic N) is 1. The van der Waals surface area contributed by atoms with Crippen molar-refractivity contribution in [3.05, 3.63) is 100 Å². The van der Waals surface area contributed by atoms with E-state index in [0.29, 0.717) is 16.8 Å². The van der Waals surface area contributed by atoms with Crippen molar-refractivity contribution in [2.24, 2.45) is 0 Å². The third kappa shape index (κ3) is 2.73. The molecule has 0 N–H and O–H groups in total. The van der Waals surface area contributed by atoms with E-state index in [0.717, 1.165) is 5.56 Å². The molecule has 0 amide bonds. The van der Waals surface area contributed by atoms with Crippen LogP contribution in [0.15, 0.2) is 83.7 Å². The van der Waals surface area contributed by atoms with Gasteiger partial charge in [-0.15, -0.1) is 0 Å². The Morgan fingerprint density at radius 1 is 0.840 bits per heavy atom. The number of aromatic nitrogens is 1. The van der Waals surface area contributed by atoms with E-state index in [-0.39, 0.29) is 10.4 Å². The summed E-state index contributed by atoms with van der Waals surface area (Å²) in [4.78, 5) is 13.1. The highest BCUT2D eigenvalue weighted by Crippen LogP contribution is 2.28. The van der Waals surface area contributed by atoms with Crippen molar-refractivity contribution in [2.45, 2.75) is 0 Å². The zero-order valence-corrected chi connectivity index (χ0v) is 13.9. The van der Waals surface area contributed by atoms with Gasteiger partial charge in [0.2, 0.25) is 0 Å². The molecule has 0 saturated carbocycles. The summed E-state index contributed by atoms with van der Waals surface area (Å²) in [6, 6.07) is 23.3. The molecule has 0 saturated heterocycles. The molecule has 0 aliphatic heterocycles. The fourth-order valence-corrected chi connectivity index (χ4v) is 3.23. The highest BCUT2D eigenvalue weighted by molar-refractivity contribution is 6.31. The van der Waals surface area contributed by atoms with Crippen LogP contribution in [0.1, 0.15) is 0 Å². The van der Waals surface area contributed by atoms with E-state index >= 15 is 0 Å². The maximum Gasteiger partial charge on any atom is 0.266 e. The molecule has 4 rings (SSSR count). The van der Waals surface area contributed by atoms with Crippen LogP contribution in [0.5, 0.6) is 0 Å². The minimum absolute atomic E-state index is 0.0351. The number of para-hydroxylation sites is 1. The SMILES string of the molecule is O=c1c2c(F)cc(Cl)cc2cc(-c2ccccc2)n1-c1ccccc1. The van der Waals surface area contributed by atoms with Crippen LogP contribution >= 0.6 is 11.6 Å². The number of benzene rings is 3. The van der Waals surface area contributed by atoms with E-state index < -0.39 is 11.4 Å². The fraction of sp³-hybridized carbons (Fsp3) is 0. The molecule has 0 radical (unpaired) electrons. The lowest BCUT2D eigenvalue weighted by molar-refractivity contribution is 0.638. The number of halogens is 2. The summed E-state index contributed by atoms with van der Waals surface area (Å²) in [5.41, 5.74) is 1.83. The van der Waals surface area contributed by atoms with Gasteiger partial charge in [0.1, 0.15) is 5.82 Å². The first-order valence-corrected chi connectivity index (χ1v) is 8.18. The minimum Gasteiger partial charge on any atom is -0.276 e. The Balaban J connectivity index is 2.17. The zero-order chi connectivity index (χ0) is 17.4. The van der Waals surface area contributed by atoms with Gasteiger partial charge in [0, 0.05) is 10.7 Å². The first-order chi connectivity index (χ1) is 12.1. The van der Waals surface area contributed by atoms with E-state index in [4.69, 9.17) is 11.6 Å². The van der Waals surface area contributed by atoms with Crippen molar-refractivity contribution in [3.8, 4) is 16.9 Å². The molecule has 0 aliphatic carbocycles. The molecule has 0 atom stereocenters. The van der Waals surface area contributed by atoms with Crippen LogP contribution in [0, 0.1) is 5.82 Å². The standard InChI is InChI=1S/C21H13ClFNO/c22-16-11-15-12-19(14-7-3-1-4-8-14)24(17-9-5-2-6-10-17)21(25)20(15)18(23)13-16/h1-13H. The number of pyridine rings is 1. The van der Waals surface area contributed by atoms with Crippen molar-refractivity contribution >= 4 is 22.4 Å². The first-order valence-electron chi connectivity index (χ1n) is 7.81. The Bertz CT molecular complexity index is 1120. The molecule has 25 heavy (non-hydrogen) atoms. The molecule has 4 heteroatoms. The lowest BCUT2D eigenvalue weighted by Gasteiger charge is -2.15. The molecule has 0 bridgehead atoms. The summed E-state index contributed by atoms with van der Waals surface area (Å²) in [6.45, 7) is 0. The van der Waals surface area contributed by atoms with Crippen molar-refractivity contribution < 1.29 is 4.39 Å². The highest BCUT2D eigenvalue weighted by Gasteiger charge is 2.16. The van der Waals surface area contributed by atoms with Crippen molar-refractivity contribution in [1.82, 2.24) is 4.57 Å². The quantitative estimate of drug-likeness (QED) is 0.471. The van der Waals surface area contributed by atoms with Crippen molar-refractivity contribution in [1.29, 1.82) is 0 Å². The summed E-state index contributed by atoms with van der Waals surface area (Å²) in [7, 11) is 0. The number of fused-ring (bicyclic) bond motifs is 1. The summed E-state index contributed by atoms with van der Waals surface area (Å²) in [6.07, 6.45) is 0. The van der Waals surface area contributed by atoms with Gasteiger partial charge in [0.15, 0.2) is 0 Å². The van der Waals surface area contributed by atoms with Crippen molar-refractivity contribution in [3.63, 3.8) is 0 Å². The van der Waals surface area contributed by atoms with Gasteiger partial charge in [-0.25, -0.2) is 4.39 Å². The Morgan fingerprint density at radius 3 is 2.16 bits per heavy atom. The molecule has 0 aliphatic rings. The molecule has 0 fully saturated rings. The summed E-state index contributed by atoms with van der Waals surface area (Å²) in [5.74, 6) is -0.614. The molecular weight excluding hydrogens is 337 g/mol. The fourth-order valence-electron chi connectivity index (χ4n) is 3.02. The summed E-state index contributed by atoms with van der Waals surface area (Å²) >= 11 is 5.98. The predicted molar refractivity (Wildman–Crippen MR) is 99.9 cm³/mol. The smallest absolute Gasteiger partial charge is 0.266 e. The van der Waals surface area contributed by atoms with E-state index in [1.165, 1.54) is 10.6 Å². The number of rotatable bonds is 2. The second-order valence-electron chi connectivity index (χ2n) is 5.72. The molecule has 1 aromatic heterocycles. The number of hydrogen-bond acceptors (Lipinski definition) is 1. The average molecular weight is 350 g/mol. The molecule has 2 nitrogen and oxygen atoms in total. The Morgan fingerprint density at radius 2 is 1.48 bits per heavy atom. The lowest BCUT2D eigenvalue weighted by atomic mass is 10.1. The number of hydrogen-bond donors (Lipinski definition) is 0. The van der Waals surface area contributed by atoms with Crippen LogP contribution in [0.4, 0.5) is 4.39 Å². The maximum atomic E-state index is 14.4. The highest BCUT2D eigenvalue weighted by atomic mass is 35.5. The van der Waals surface area contributed by atoms with Crippen LogP contribution in [0.2, 0.25) is 5.02 Å². The maximum absolute atomic E-state index is 14.4. The molecule has 122 valence electrons. The average Bonchev–Trinajstić information content (AvgIpc) is 2.62. The van der Waals surface area contributed by atoms with E-state index in [2.05, 4.69) is 0 Å². The molecule has 4 aromatic rings. The van der Waals surface area contributed by atoms with Gasteiger partial charge in [-0.05, 0) is 41.3 Å². The van der Waals surface area contributed by atoms with Crippen LogP contribution in [-0.2, 0) is 0 Å². The van der Waals surface area contributed by atoms with Crippen LogP contribution in [0.25, 0.3) is 27.7 Å². The van der Waals surface area contributed by atoms with Gasteiger partial charge in [-0.1, -0.05) is 60.1 Å². The zero-order valence-electron chi connectivity index (χ0n) is 13.1. The predicted octanol–water partition coefficient (Wildman–Crippen LogP) is 5.45. The molecule has 0 spiro atoms. The van der Waals surface area contributed by atoms with E-state index in [9.17, 15) is 9.18 Å². The van der Waals surface area contributed by atoms with E-state index in [1.54, 1.807) is 12.1 Å². The monoisotopic (exact) mass is 349 g/mol. The van der Waals surface area contributed by atoms with Gasteiger partial charge >= 0.3 is 0 Å². The van der Waals surface area contributed by atoms with Crippen LogP contribution in [0.3, 0.4) is 0 Å². The van der Waals surface area contributed by atoms with E-state index in [1.807, 2.05) is 60.7 Å². The minimum atomic E-state index is -0.614. The normalized spacial score (nSPS) is 11.0. The molecule has 0 unspecified atom stereocenters. The second-order valence-corrected chi connectivity index (χ2v) is 6.16. The Labute approximate surface area is 148 Å². The second kappa shape index (κ2) is 6.19. The molecule has 3 aromatic carbocycles. The summed E-state index contributed by atoms with van der Waals surface area (Å²) < 4.78 is 16.0. The third-order valence-corrected chi connectivity index (χ3v) is 4.34.